The Bertz CT molecular complexity index is 834. The Morgan fingerprint density at radius 2 is 1.89 bits per heavy atom. The first-order valence-electron chi connectivity index (χ1n) is 9.08. The average Bonchev–Trinajstić information content (AvgIpc) is 2.63. The first-order chi connectivity index (χ1) is 13.0. The summed E-state index contributed by atoms with van der Waals surface area (Å²) in [4.78, 5) is 26.6. The van der Waals surface area contributed by atoms with E-state index in [0.29, 0.717) is 22.9 Å². The van der Waals surface area contributed by atoms with Gasteiger partial charge in [0.1, 0.15) is 11.5 Å². The van der Waals surface area contributed by atoms with Crippen molar-refractivity contribution in [2.45, 2.75) is 39.4 Å². The molecule has 0 aromatic heterocycles. The first-order valence-corrected chi connectivity index (χ1v) is 9.08. The summed E-state index contributed by atoms with van der Waals surface area (Å²) in [7, 11) is 0. The SMILES string of the molecule is CC(C)Oc1ccccc1NC(=O)CCN1C(=O)C(C)Oc2ccccc21. The summed E-state index contributed by atoms with van der Waals surface area (Å²) < 4.78 is 11.3. The van der Waals surface area contributed by atoms with Crippen LogP contribution >= 0.6 is 0 Å². The van der Waals surface area contributed by atoms with E-state index in [1.54, 1.807) is 17.9 Å². The minimum atomic E-state index is -0.567. The van der Waals surface area contributed by atoms with E-state index in [2.05, 4.69) is 5.32 Å². The molecule has 6 heteroatoms. The van der Waals surface area contributed by atoms with Crippen molar-refractivity contribution < 1.29 is 19.1 Å². The second-order valence-corrected chi connectivity index (χ2v) is 6.68. The molecular weight excluding hydrogens is 344 g/mol. The van der Waals surface area contributed by atoms with E-state index in [-0.39, 0.29) is 30.9 Å². The van der Waals surface area contributed by atoms with Gasteiger partial charge in [0.2, 0.25) is 5.91 Å². The second-order valence-electron chi connectivity index (χ2n) is 6.68. The monoisotopic (exact) mass is 368 g/mol. The summed E-state index contributed by atoms with van der Waals surface area (Å²) in [6, 6.07) is 14.7. The van der Waals surface area contributed by atoms with Crippen molar-refractivity contribution in [3.8, 4) is 11.5 Å². The van der Waals surface area contributed by atoms with Gasteiger partial charge in [-0.1, -0.05) is 24.3 Å². The maximum Gasteiger partial charge on any atom is 0.267 e. The van der Waals surface area contributed by atoms with Gasteiger partial charge in [-0.3, -0.25) is 9.59 Å². The maximum absolute atomic E-state index is 12.5. The molecule has 0 saturated heterocycles. The lowest BCUT2D eigenvalue weighted by Crippen LogP contribution is -2.45. The van der Waals surface area contributed by atoms with Crippen LogP contribution in [-0.4, -0.2) is 30.6 Å². The number of nitrogens with one attached hydrogen (secondary N) is 1. The van der Waals surface area contributed by atoms with E-state index >= 15 is 0 Å². The minimum absolute atomic E-state index is 0.00649. The zero-order valence-corrected chi connectivity index (χ0v) is 15.8. The van der Waals surface area contributed by atoms with Gasteiger partial charge < -0.3 is 19.7 Å². The molecule has 1 N–H and O–H groups in total. The van der Waals surface area contributed by atoms with E-state index in [1.165, 1.54) is 0 Å². The molecule has 142 valence electrons. The van der Waals surface area contributed by atoms with Gasteiger partial charge in [0.25, 0.3) is 5.91 Å². The molecule has 0 fully saturated rings. The van der Waals surface area contributed by atoms with Crippen LogP contribution < -0.4 is 19.7 Å². The highest BCUT2D eigenvalue weighted by atomic mass is 16.5. The zero-order chi connectivity index (χ0) is 19.4. The summed E-state index contributed by atoms with van der Waals surface area (Å²) in [6.45, 7) is 5.86. The van der Waals surface area contributed by atoms with Crippen LogP contribution in [0.3, 0.4) is 0 Å². The molecule has 2 aromatic rings. The molecule has 1 unspecified atom stereocenters. The predicted octanol–water partition coefficient (Wildman–Crippen LogP) is 3.62. The van der Waals surface area contributed by atoms with Gasteiger partial charge in [0, 0.05) is 13.0 Å². The number of nitrogens with zero attached hydrogens (tertiary/aromatic N) is 1. The highest BCUT2D eigenvalue weighted by Gasteiger charge is 2.31. The molecule has 27 heavy (non-hydrogen) atoms. The summed E-state index contributed by atoms with van der Waals surface area (Å²) in [5, 5.41) is 2.87. The second kappa shape index (κ2) is 8.12. The highest BCUT2D eigenvalue weighted by molar-refractivity contribution is 6.01. The quantitative estimate of drug-likeness (QED) is 0.846. The zero-order valence-electron chi connectivity index (χ0n) is 15.8. The van der Waals surface area contributed by atoms with Crippen molar-refractivity contribution in [3.05, 3.63) is 48.5 Å². The van der Waals surface area contributed by atoms with Crippen LogP contribution in [0.1, 0.15) is 27.2 Å². The Balaban J connectivity index is 1.67. The Kier molecular flexibility index (Phi) is 5.64. The van der Waals surface area contributed by atoms with E-state index in [9.17, 15) is 9.59 Å². The normalized spacial score (nSPS) is 15.9. The molecule has 0 radical (unpaired) electrons. The summed E-state index contributed by atoms with van der Waals surface area (Å²) >= 11 is 0. The molecule has 2 aromatic carbocycles. The van der Waals surface area contributed by atoms with Crippen LogP contribution in [0.25, 0.3) is 0 Å². The number of carbonyl (C=O) groups excluding carboxylic acids is 2. The molecular formula is C21H24N2O4. The Labute approximate surface area is 159 Å². The maximum atomic E-state index is 12.5. The van der Waals surface area contributed by atoms with Crippen LogP contribution in [0.4, 0.5) is 11.4 Å². The van der Waals surface area contributed by atoms with Gasteiger partial charge >= 0.3 is 0 Å². The molecule has 0 spiro atoms. The van der Waals surface area contributed by atoms with Gasteiger partial charge in [-0.25, -0.2) is 0 Å². The lowest BCUT2D eigenvalue weighted by Gasteiger charge is -2.32. The standard InChI is InChI=1S/C21H24N2O4/c1-14(2)26-18-10-6-4-8-16(18)22-20(24)12-13-23-17-9-5-7-11-19(17)27-15(3)21(23)25/h4-11,14-15H,12-13H2,1-3H3,(H,22,24). The number of hydrogen-bond donors (Lipinski definition) is 1. The number of rotatable bonds is 6. The van der Waals surface area contributed by atoms with Crippen molar-refractivity contribution >= 4 is 23.2 Å². The van der Waals surface area contributed by atoms with Gasteiger partial charge in [0.05, 0.1) is 17.5 Å². The van der Waals surface area contributed by atoms with Crippen LogP contribution in [-0.2, 0) is 9.59 Å². The molecule has 0 saturated carbocycles. The fraction of sp³-hybridized carbons (Fsp3) is 0.333. The Morgan fingerprint density at radius 1 is 1.19 bits per heavy atom. The first kappa shape index (κ1) is 18.8. The number of ether oxygens (including phenoxy) is 2. The smallest absolute Gasteiger partial charge is 0.267 e. The fourth-order valence-corrected chi connectivity index (χ4v) is 2.94. The third kappa shape index (κ3) is 4.39. The van der Waals surface area contributed by atoms with Gasteiger partial charge in [-0.2, -0.15) is 0 Å². The molecule has 1 atom stereocenters. The lowest BCUT2D eigenvalue weighted by atomic mass is 10.1. The third-order valence-corrected chi connectivity index (χ3v) is 4.16. The minimum Gasteiger partial charge on any atom is -0.489 e. The molecule has 0 aliphatic carbocycles. The molecule has 3 rings (SSSR count). The van der Waals surface area contributed by atoms with E-state index in [4.69, 9.17) is 9.47 Å². The summed E-state index contributed by atoms with van der Waals surface area (Å²) in [5.74, 6) is 0.951. The molecule has 0 bridgehead atoms. The molecule has 6 nitrogen and oxygen atoms in total. The van der Waals surface area contributed by atoms with Crippen LogP contribution in [0.15, 0.2) is 48.5 Å². The van der Waals surface area contributed by atoms with Gasteiger partial charge in [-0.15, -0.1) is 0 Å². The van der Waals surface area contributed by atoms with Gasteiger partial charge in [-0.05, 0) is 45.0 Å². The van der Waals surface area contributed by atoms with E-state index < -0.39 is 6.10 Å². The topological polar surface area (TPSA) is 67.9 Å². The van der Waals surface area contributed by atoms with Crippen molar-refractivity contribution in [2.24, 2.45) is 0 Å². The number of para-hydroxylation sites is 4. The summed E-state index contributed by atoms with van der Waals surface area (Å²) in [5.41, 5.74) is 1.32. The average molecular weight is 368 g/mol. The number of benzene rings is 2. The molecule has 2 amide bonds. The van der Waals surface area contributed by atoms with Crippen LogP contribution in [0.2, 0.25) is 0 Å². The number of fused-ring (bicyclic) bond motifs is 1. The Morgan fingerprint density at radius 3 is 2.67 bits per heavy atom. The number of carbonyl (C=O) groups is 2. The third-order valence-electron chi connectivity index (χ3n) is 4.16. The van der Waals surface area contributed by atoms with Crippen molar-refractivity contribution in [1.29, 1.82) is 0 Å². The van der Waals surface area contributed by atoms with Crippen molar-refractivity contribution in [1.82, 2.24) is 0 Å². The Hall–Kier alpha value is -3.02. The van der Waals surface area contributed by atoms with E-state index in [1.807, 2.05) is 56.3 Å². The predicted molar refractivity (Wildman–Crippen MR) is 104 cm³/mol. The molecule has 1 aliphatic rings. The number of anilines is 2. The number of hydrogen-bond acceptors (Lipinski definition) is 4. The van der Waals surface area contributed by atoms with E-state index in [0.717, 1.165) is 0 Å². The van der Waals surface area contributed by atoms with Crippen LogP contribution in [0.5, 0.6) is 11.5 Å². The number of amides is 2. The molecule has 1 aliphatic heterocycles. The fourth-order valence-electron chi connectivity index (χ4n) is 2.94. The van der Waals surface area contributed by atoms with Gasteiger partial charge in [0.15, 0.2) is 6.10 Å². The lowest BCUT2D eigenvalue weighted by molar-refractivity contribution is -0.125. The van der Waals surface area contributed by atoms with Crippen molar-refractivity contribution in [3.63, 3.8) is 0 Å². The van der Waals surface area contributed by atoms with Crippen molar-refractivity contribution in [2.75, 3.05) is 16.8 Å². The van der Waals surface area contributed by atoms with Crippen LogP contribution in [0, 0.1) is 0 Å². The largest absolute Gasteiger partial charge is 0.489 e. The highest BCUT2D eigenvalue weighted by Crippen LogP contribution is 2.33. The summed E-state index contributed by atoms with van der Waals surface area (Å²) in [6.07, 6.45) is -0.391. The molecule has 1 heterocycles.